The Morgan fingerprint density at radius 3 is 2.32 bits per heavy atom. The highest BCUT2D eigenvalue weighted by Gasteiger charge is 2.74. The minimum Gasteiger partial charge on any atom is -0.465 e. The fraction of sp³-hybridized carbons (Fsp3) is 0.417. The summed E-state index contributed by atoms with van der Waals surface area (Å²) >= 11 is 0. The first kappa shape index (κ1) is 22.9. The summed E-state index contributed by atoms with van der Waals surface area (Å²) in [5, 5.41) is 14.1. The summed E-state index contributed by atoms with van der Waals surface area (Å²) in [7, 11) is -3.30. The molecule has 1 amide bonds. The van der Waals surface area contributed by atoms with E-state index in [-0.39, 0.29) is 22.1 Å². The lowest BCUT2D eigenvalue weighted by Crippen LogP contribution is -2.67. The number of sulfonamides is 1. The third-order valence-electron chi connectivity index (χ3n) is 7.61. The SMILES string of the molecule is COC(=O)c1ccc2c(c1)C1(CCNCC1)C(C1CC1)[N+]2(C(=O)O)S(=O)(=O)c1ccc(F)cc1. The largest absolute Gasteiger partial charge is 0.535 e. The van der Waals surface area contributed by atoms with E-state index in [0.29, 0.717) is 31.5 Å². The van der Waals surface area contributed by atoms with Crippen LogP contribution in [0.4, 0.5) is 14.9 Å². The van der Waals surface area contributed by atoms with Gasteiger partial charge in [0.1, 0.15) is 16.8 Å². The van der Waals surface area contributed by atoms with Crippen LogP contribution in [0, 0.1) is 11.7 Å². The number of ether oxygens (including phenoxy) is 1. The van der Waals surface area contributed by atoms with E-state index in [9.17, 15) is 27.5 Å². The number of methoxy groups -OCH3 is 1. The molecule has 2 atom stereocenters. The number of hydrogen-bond donors (Lipinski definition) is 2. The molecule has 8 nitrogen and oxygen atoms in total. The van der Waals surface area contributed by atoms with Gasteiger partial charge in [-0.05, 0) is 75.2 Å². The first-order valence-corrected chi connectivity index (χ1v) is 12.7. The fourth-order valence-electron chi connectivity index (χ4n) is 6.10. The number of carbonyl (C=O) groups is 2. The molecule has 34 heavy (non-hydrogen) atoms. The van der Waals surface area contributed by atoms with Gasteiger partial charge in [-0.15, -0.1) is 0 Å². The Bertz CT molecular complexity index is 1270. The van der Waals surface area contributed by atoms with Crippen LogP contribution in [-0.2, 0) is 20.2 Å². The van der Waals surface area contributed by atoms with E-state index in [4.69, 9.17) is 4.74 Å². The lowest BCUT2D eigenvalue weighted by molar-refractivity contribution is 0.0600. The summed E-state index contributed by atoms with van der Waals surface area (Å²) in [4.78, 5) is 25.3. The van der Waals surface area contributed by atoms with Gasteiger partial charge in [0, 0.05) is 17.5 Å². The molecule has 1 spiro atoms. The number of fused-ring (bicyclic) bond motifs is 2. The number of nitrogens with zero attached hydrogens (tertiary/aromatic N) is 1. The molecular weight excluding hydrogens is 463 g/mol. The van der Waals surface area contributed by atoms with Crippen molar-refractivity contribution in [1.29, 1.82) is 0 Å². The molecule has 2 aromatic rings. The van der Waals surface area contributed by atoms with E-state index >= 15 is 0 Å². The summed E-state index contributed by atoms with van der Waals surface area (Å²) < 4.78 is 45.8. The maximum atomic E-state index is 14.3. The molecule has 1 saturated heterocycles. The van der Waals surface area contributed by atoms with Crippen molar-refractivity contribution in [2.75, 3.05) is 20.2 Å². The van der Waals surface area contributed by atoms with Crippen molar-refractivity contribution in [1.82, 2.24) is 9.21 Å². The second-order valence-electron chi connectivity index (χ2n) is 9.28. The average Bonchev–Trinajstić information content (AvgIpc) is 3.63. The first-order valence-electron chi connectivity index (χ1n) is 11.3. The van der Waals surface area contributed by atoms with Crippen LogP contribution in [0.15, 0.2) is 47.4 Å². The smallest absolute Gasteiger partial charge is 0.465 e. The van der Waals surface area contributed by atoms with Crippen molar-refractivity contribution >= 4 is 27.8 Å². The van der Waals surface area contributed by atoms with Gasteiger partial charge in [-0.25, -0.2) is 9.18 Å². The van der Waals surface area contributed by atoms with Crippen LogP contribution in [-0.4, -0.2) is 51.8 Å². The highest BCUT2D eigenvalue weighted by Crippen LogP contribution is 2.62. The van der Waals surface area contributed by atoms with Gasteiger partial charge < -0.3 is 15.2 Å². The van der Waals surface area contributed by atoms with E-state index in [1.54, 1.807) is 6.07 Å². The molecule has 2 N–H and O–H groups in total. The molecule has 2 heterocycles. The Kier molecular flexibility index (Phi) is 5.30. The first-order chi connectivity index (χ1) is 16.2. The van der Waals surface area contributed by atoms with Crippen LogP contribution in [0.3, 0.4) is 0 Å². The predicted molar refractivity (Wildman–Crippen MR) is 121 cm³/mol. The van der Waals surface area contributed by atoms with Crippen molar-refractivity contribution in [3.63, 3.8) is 0 Å². The van der Waals surface area contributed by atoms with Gasteiger partial charge in [-0.3, -0.25) is 0 Å². The van der Waals surface area contributed by atoms with Crippen LogP contribution in [0.1, 0.15) is 41.6 Å². The van der Waals surface area contributed by atoms with Crippen molar-refractivity contribution in [2.45, 2.75) is 42.0 Å². The van der Waals surface area contributed by atoms with Crippen LogP contribution < -0.4 is 9.21 Å². The summed E-state index contributed by atoms with van der Waals surface area (Å²) in [6, 6.07) is 7.99. The second kappa shape index (κ2) is 7.86. The van der Waals surface area contributed by atoms with Crippen molar-refractivity contribution in [3.05, 3.63) is 59.4 Å². The zero-order chi connectivity index (χ0) is 24.3. The van der Waals surface area contributed by atoms with E-state index in [1.165, 1.54) is 19.2 Å². The number of amides is 1. The standard InChI is InChI=1S/C24H25FN2O6S/c1-33-22(28)16-4-9-20-19(14-16)24(10-12-26-13-11-24)21(15-2-3-15)27(20,23(29)30)34(31,32)18-7-5-17(25)6-8-18/h4-9,14-15,21,26H,2-3,10-13H2,1H3/p+1. The maximum Gasteiger partial charge on any atom is 0.535 e. The van der Waals surface area contributed by atoms with Crippen molar-refractivity contribution < 1.29 is 32.2 Å². The molecule has 2 aliphatic heterocycles. The van der Waals surface area contributed by atoms with Gasteiger partial charge >= 0.3 is 22.1 Å². The van der Waals surface area contributed by atoms with Gasteiger partial charge in [-0.1, -0.05) is 3.89 Å². The zero-order valence-corrected chi connectivity index (χ0v) is 19.5. The van der Waals surface area contributed by atoms with Gasteiger partial charge in [0.2, 0.25) is 0 Å². The fourth-order valence-corrected chi connectivity index (χ4v) is 8.21. The molecule has 0 aromatic heterocycles. The third kappa shape index (κ3) is 2.98. The number of halogens is 1. The Balaban J connectivity index is 1.86. The van der Waals surface area contributed by atoms with Crippen LogP contribution in [0.2, 0.25) is 0 Å². The van der Waals surface area contributed by atoms with E-state index < -0.39 is 43.2 Å². The van der Waals surface area contributed by atoms with Gasteiger partial charge in [0.25, 0.3) is 0 Å². The molecule has 0 bridgehead atoms. The molecule has 3 aliphatic rings. The van der Waals surface area contributed by atoms with Gasteiger partial charge in [0.05, 0.1) is 18.1 Å². The van der Waals surface area contributed by atoms with E-state index in [2.05, 4.69) is 5.32 Å². The van der Waals surface area contributed by atoms with Crippen molar-refractivity contribution in [2.24, 2.45) is 5.92 Å². The normalized spacial score (nSPS) is 25.6. The molecule has 0 radical (unpaired) electrons. The van der Waals surface area contributed by atoms with Gasteiger partial charge in [0.15, 0.2) is 5.69 Å². The number of quaternary nitrogens is 1. The zero-order valence-electron chi connectivity index (χ0n) is 18.7. The van der Waals surface area contributed by atoms with Crippen molar-refractivity contribution in [3.8, 4) is 0 Å². The number of carbonyl (C=O) groups excluding carboxylic acids is 1. The second-order valence-corrected chi connectivity index (χ2v) is 11.3. The molecule has 5 rings (SSSR count). The summed E-state index contributed by atoms with van der Waals surface area (Å²) in [5.74, 6) is -1.30. The lowest BCUT2D eigenvalue weighted by Gasteiger charge is -2.42. The predicted octanol–water partition coefficient (Wildman–Crippen LogP) is 3.40. The van der Waals surface area contributed by atoms with Crippen LogP contribution in [0.5, 0.6) is 0 Å². The monoisotopic (exact) mass is 489 g/mol. The van der Waals surface area contributed by atoms with Gasteiger partial charge in [-0.2, -0.15) is 13.2 Å². The Labute approximate surface area is 197 Å². The summed E-state index contributed by atoms with van der Waals surface area (Å²) in [6.07, 6.45) is 1.04. The number of carboxylic acid groups (broad SMARTS) is 1. The molecule has 10 heteroatoms. The summed E-state index contributed by atoms with van der Waals surface area (Å²) in [5.41, 5.74) is 0.209. The molecular formula is C24H26FN2O6S+. The minimum absolute atomic E-state index is 0.113. The molecule has 1 aliphatic carbocycles. The number of benzene rings is 2. The quantitative estimate of drug-likeness (QED) is 0.500. The maximum absolute atomic E-state index is 14.3. The van der Waals surface area contributed by atoms with E-state index in [0.717, 1.165) is 37.1 Å². The topological polar surface area (TPSA) is 110 Å². The van der Waals surface area contributed by atoms with Crippen LogP contribution in [0.25, 0.3) is 0 Å². The molecule has 180 valence electrons. The average molecular weight is 490 g/mol. The number of nitrogens with one attached hydrogen (secondary N) is 1. The Morgan fingerprint density at radius 1 is 1.12 bits per heavy atom. The number of rotatable bonds is 4. The molecule has 2 unspecified atom stereocenters. The van der Waals surface area contributed by atoms with Crippen LogP contribution >= 0.6 is 0 Å². The summed E-state index contributed by atoms with van der Waals surface area (Å²) in [6.45, 7) is 1.20. The highest BCUT2D eigenvalue weighted by atomic mass is 32.2. The molecule has 1 saturated carbocycles. The number of esters is 1. The number of piperidine rings is 1. The minimum atomic E-state index is -4.56. The third-order valence-corrected chi connectivity index (χ3v) is 9.82. The highest BCUT2D eigenvalue weighted by molar-refractivity contribution is 7.91. The lowest BCUT2D eigenvalue weighted by atomic mass is 9.68. The Morgan fingerprint density at radius 2 is 1.76 bits per heavy atom. The van der Waals surface area contributed by atoms with E-state index in [1.807, 2.05) is 0 Å². The Hall–Kier alpha value is -2.82. The number of hydrogen-bond acceptors (Lipinski definition) is 6. The molecule has 2 fully saturated rings. The molecule has 2 aromatic carbocycles.